The number of hydrogen-bond acceptors (Lipinski definition) is 2. The summed E-state index contributed by atoms with van der Waals surface area (Å²) < 4.78 is 5.62. The van der Waals surface area contributed by atoms with Crippen molar-refractivity contribution in [3.05, 3.63) is 11.6 Å². The van der Waals surface area contributed by atoms with E-state index in [1.165, 1.54) is 25.7 Å². The second-order valence-corrected chi connectivity index (χ2v) is 5.75. The molecule has 16 heavy (non-hydrogen) atoms. The van der Waals surface area contributed by atoms with E-state index >= 15 is 0 Å². The van der Waals surface area contributed by atoms with E-state index in [2.05, 4.69) is 13.0 Å². The van der Waals surface area contributed by atoms with Crippen molar-refractivity contribution in [3.8, 4) is 0 Å². The van der Waals surface area contributed by atoms with Crippen LogP contribution >= 0.6 is 0 Å². The van der Waals surface area contributed by atoms with E-state index in [0.29, 0.717) is 23.7 Å². The third-order valence-electron chi connectivity index (χ3n) is 4.88. The van der Waals surface area contributed by atoms with Crippen molar-refractivity contribution in [2.24, 2.45) is 23.7 Å². The zero-order chi connectivity index (χ0) is 11.3. The Morgan fingerprint density at radius 2 is 2.12 bits per heavy atom. The average molecular weight is 220 g/mol. The smallest absolute Gasteiger partial charge is 0.302 e. The van der Waals surface area contributed by atoms with Crippen LogP contribution in [0, 0.1) is 23.7 Å². The van der Waals surface area contributed by atoms with Gasteiger partial charge in [-0.2, -0.15) is 0 Å². The number of carbonyl (C=O) groups is 1. The summed E-state index contributed by atoms with van der Waals surface area (Å²) >= 11 is 0. The molecule has 0 aliphatic heterocycles. The lowest BCUT2D eigenvalue weighted by Gasteiger charge is -2.46. The maximum atomic E-state index is 11.2. The second-order valence-electron chi connectivity index (χ2n) is 5.75. The highest BCUT2D eigenvalue weighted by Crippen LogP contribution is 2.54. The largest absolute Gasteiger partial charge is 0.462 e. The van der Waals surface area contributed by atoms with Gasteiger partial charge in [-0.25, -0.2) is 0 Å². The van der Waals surface area contributed by atoms with Crippen LogP contribution in [0.3, 0.4) is 0 Å². The van der Waals surface area contributed by atoms with E-state index in [1.807, 2.05) is 0 Å². The maximum absolute atomic E-state index is 11.2. The van der Waals surface area contributed by atoms with Gasteiger partial charge in [-0.3, -0.25) is 4.79 Å². The maximum Gasteiger partial charge on any atom is 0.302 e. The molecule has 2 nitrogen and oxygen atoms in total. The molecule has 2 saturated carbocycles. The highest BCUT2D eigenvalue weighted by atomic mass is 16.5. The van der Waals surface area contributed by atoms with Crippen LogP contribution in [0.2, 0.25) is 0 Å². The van der Waals surface area contributed by atoms with Crippen LogP contribution in [0.1, 0.15) is 39.5 Å². The van der Waals surface area contributed by atoms with Gasteiger partial charge in [0.15, 0.2) is 0 Å². The molecule has 0 N–H and O–H groups in total. The molecule has 88 valence electrons. The first-order chi connectivity index (χ1) is 7.66. The number of carbonyl (C=O) groups excluding carboxylic acids is 1. The number of esters is 1. The van der Waals surface area contributed by atoms with Crippen molar-refractivity contribution in [2.75, 3.05) is 0 Å². The standard InChI is InChI=1S/C14H20O2/c1-8-6-10-7-13(8)12-5-3-4-11(10)14(12)16-9(2)15/h6,10-14H,3-5,7H2,1-2H3/t10-,11-,12+,13-,14?/m1/s1. The number of allylic oxidation sites excluding steroid dienone is 2. The molecular weight excluding hydrogens is 200 g/mol. The fraction of sp³-hybridized carbons (Fsp3) is 0.786. The van der Waals surface area contributed by atoms with E-state index < -0.39 is 0 Å². The molecule has 2 fully saturated rings. The Morgan fingerprint density at radius 3 is 2.88 bits per heavy atom. The van der Waals surface area contributed by atoms with E-state index in [4.69, 9.17) is 4.74 Å². The monoisotopic (exact) mass is 220 g/mol. The van der Waals surface area contributed by atoms with Gasteiger partial charge >= 0.3 is 5.97 Å². The average Bonchev–Trinajstić information content (AvgIpc) is 2.55. The Labute approximate surface area is 97.1 Å². The Hall–Kier alpha value is -0.790. The summed E-state index contributed by atoms with van der Waals surface area (Å²) in [5.74, 6) is 2.51. The van der Waals surface area contributed by atoms with Crippen molar-refractivity contribution in [3.63, 3.8) is 0 Å². The summed E-state index contributed by atoms with van der Waals surface area (Å²) in [6.07, 6.45) is 7.80. The predicted octanol–water partition coefficient (Wildman–Crippen LogP) is 2.93. The topological polar surface area (TPSA) is 26.3 Å². The summed E-state index contributed by atoms with van der Waals surface area (Å²) in [6, 6.07) is 0. The first kappa shape index (κ1) is 10.4. The summed E-state index contributed by atoms with van der Waals surface area (Å²) in [5, 5.41) is 0. The van der Waals surface area contributed by atoms with E-state index in [0.717, 1.165) is 0 Å². The third-order valence-corrected chi connectivity index (χ3v) is 4.88. The molecule has 0 amide bonds. The zero-order valence-electron chi connectivity index (χ0n) is 10.1. The number of fused-ring (bicyclic) bond motifs is 6. The minimum absolute atomic E-state index is 0.0964. The minimum atomic E-state index is -0.0964. The van der Waals surface area contributed by atoms with Crippen LogP contribution in [0.4, 0.5) is 0 Å². The molecular formula is C14H20O2. The molecule has 3 aliphatic carbocycles. The predicted molar refractivity (Wildman–Crippen MR) is 61.7 cm³/mol. The minimum Gasteiger partial charge on any atom is -0.462 e. The molecule has 4 bridgehead atoms. The summed E-state index contributed by atoms with van der Waals surface area (Å²) in [6.45, 7) is 3.81. The molecule has 0 heterocycles. The summed E-state index contributed by atoms with van der Waals surface area (Å²) in [5.41, 5.74) is 1.55. The van der Waals surface area contributed by atoms with Gasteiger partial charge in [0.05, 0.1) is 0 Å². The molecule has 2 heteroatoms. The van der Waals surface area contributed by atoms with E-state index in [1.54, 1.807) is 12.5 Å². The molecule has 1 unspecified atom stereocenters. The molecule has 0 aromatic carbocycles. The molecule has 3 rings (SSSR count). The van der Waals surface area contributed by atoms with Crippen molar-refractivity contribution in [1.29, 1.82) is 0 Å². The Kier molecular flexibility index (Phi) is 2.34. The molecule has 0 spiro atoms. The molecule has 0 aromatic rings. The van der Waals surface area contributed by atoms with Crippen molar-refractivity contribution in [1.82, 2.24) is 0 Å². The van der Waals surface area contributed by atoms with Crippen LogP contribution in [0.15, 0.2) is 11.6 Å². The Bertz CT molecular complexity index is 345. The van der Waals surface area contributed by atoms with Crippen LogP contribution in [-0.2, 0) is 9.53 Å². The van der Waals surface area contributed by atoms with Gasteiger partial charge in [0.25, 0.3) is 0 Å². The zero-order valence-corrected chi connectivity index (χ0v) is 10.1. The van der Waals surface area contributed by atoms with Gasteiger partial charge in [-0.05, 0) is 38.0 Å². The lowest BCUT2D eigenvalue weighted by molar-refractivity contribution is -0.161. The SMILES string of the molecule is CC(=O)OC1[C@H]2CCC[C@@H]1[C@@H]1C=C(C)[C@H]2C1. The lowest BCUT2D eigenvalue weighted by atomic mass is 9.63. The fourth-order valence-corrected chi connectivity index (χ4v) is 4.31. The third kappa shape index (κ3) is 1.42. The molecule has 5 atom stereocenters. The molecule has 0 radical (unpaired) electrons. The second kappa shape index (κ2) is 3.61. The van der Waals surface area contributed by atoms with Crippen molar-refractivity contribution < 1.29 is 9.53 Å². The van der Waals surface area contributed by atoms with Gasteiger partial charge < -0.3 is 4.74 Å². The molecule has 0 saturated heterocycles. The quantitative estimate of drug-likeness (QED) is 0.501. The van der Waals surface area contributed by atoms with Crippen molar-refractivity contribution >= 4 is 5.97 Å². The van der Waals surface area contributed by atoms with Gasteiger partial charge in [-0.1, -0.05) is 18.1 Å². The Morgan fingerprint density at radius 1 is 1.38 bits per heavy atom. The highest BCUT2D eigenvalue weighted by Gasteiger charge is 2.50. The normalized spacial score (nSPS) is 45.1. The fourth-order valence-electron chi connectivity index (χ4n) is 4.31. The van der Waals surface area contributed by atoms with Gasteiger partial charge in [0, 0.05) is 18.8 Å². The van der Waals surface area contributed by atoms with Gasteiger partial charge in [0.2, 0.25) is 0 Å². The van der Waals surface area contributed by atoms with Crippen LogP contribution in [-0.4, -0.2) is 12.1 Å². The number of ether oxygens (including phenoxy) is 1. The van der Waals surface area contributed by atoms with E-state index in [-0.39, 0.29) is 12.1 Å². The van der Waals surface area contributed by atoms with Crippen molar-refractivity contribution in [2.45, 2.75) is 45.6 Å². The number of rotatable bonds is 1. The summed E-state index contributed by atoms with van der Waals surface area (Å²) in [4.78, 5) is 11.2. The van der Waals surface area contributed by atoms with Gasteiger partial charge in [0.1, 0.15) is 6.10 Å². The van der Waals surface area contributed by atoms with Gasteiger partial charge in [-0.15, -0.1) is 0 Å². The molecule has 3 aliphatic rings. The van der Waals surface area contributed by atoms with Crippen LogP contribution < -0.4 is 0 Å². The first-order valence-electron chi connectivity index (χ1n) is 6.52. The van der Waals surface area contributed by atoms with Crippen LogP contribution in [0.5, 0.6) is 0 Å². The van der Waals surface area contributed by atoms with E-state index in [9.17, 15) is 4.79 Å². The molecule has 0 aromatic heterocycles. The lowest BCUT2D eigenvalue weighted by Crippen LogP contribution is -2.46. The van der Waals surface area contributed by atoms with Crippen LogP contribution in [0.25, 0.3) is 0 Å². The first-order valence-corrected chi connectivity index (χ1v) is 6.52. The number of hydrogen-bond donors (Lipinski definition) is 0. The highest BCUT2D eigenvalue weighted by molar-refractivity contribution is 5.66. The summed E-state index contributed by atoms with van der Waals surface area (Å²) in [7, 11) is 0. The Balaban J connectivity index is 1.89.